The van der Waals surface area contributed by atoms with Crippen molar-refractivity contribution < 1.29 is 18.7 Å². The lowest BCUT2D eigenvalue weighted by Crippen LogP contribution is -2.85. The molecule has 9 heteroatoms. The van der Waals surface area contributed by atoms with E-state index in [1.54, 1.807) is 7.11 Å². The molecule has 1 aromatic carbocycles. The number of methoxy groups -OCH3 is 1. The first-order chi connectivity index (χ1) is 12.9. The molecule has 2 atom stereocenters. The van der Waals surface area contributed by atoms with Gasteiger partial charge in [-0.25, -0.2) is 4.39 Å². The molecule has 1 heterocycles. The number of hydrogen-bond acceptors (Lipinski definition) is 6. The Labute approximate surface area is 162 Å². The standard InChI is InChI=1S/C18H24ClFN4O3/c1-26-16-6-21-5-14(22-16)23-17-8-18(9-17,10-17)24-15(25)7-27-11-2-3-12(19)13(20)4-11/h2-4,14,16,21-23H,5-10H2,1H3,(H,24,25). The van der Waals surface area contributed by atoms with Gasteiger partial charge in [-0.1, -0.05) is 11.6 Å². The lowest BCUT2D eigenvalue weighted by atomic mass is 9.44. The Morgan fingerprint density at radius 3 is 2.81 bits per heavy atom. The molecule has 1 saturated heterocycles. The smallest absolute Gasteiger partial charge is 0.258 e. The van der Waals surface area contributed by atoms with Gasteiger partial charge in [0.15, 0.2) is 6.61 Å². The summed E-state index contributed by atoms with van der Waals surface area (Å²) in [6, 6.07) is 4.12. The van der Waals surface area contributed by atoms with E-state index in [0.717, 1.165) is 32.4 Å². The average Bonchev–Trinajstić information content (AvgIpc) is 2.60. The molecular weight excluding hydrogens is 375 g/mol. The third-order valence-corrected chi connectivity index (χ3v) is 5.83. The van der Waals surface area contributed by atoms with Gasteiger partial charge in [0.2, 0.25) is 0 Å². The molecule has 0 spiro atoms. The van der Waals surface area contributed by atoms with E-state index in [2.05, 4.69) is 21.3 Å². The molecule has 1 aliphatic heterocycles. The zero-order valence-electron chi connectivity index (χ0n) is 15.1. The molecule has 0 aromatic heterocycles. The number of benzene rings is 1. The Balaban J connectivity index is 1.20. The lowest BCUT2D eigenvalue weighted by molar-refractivity contribution is -0.146. The topological polar surface area (TPSA) is 83.7 Å². The number of rotatable bonds is 7. The van der Waals surface area contributed by atoms with Gasteiger partial charge in [-0.3, -0.25) is 15.4 Å². The van der Waals surface area contributed by atoms with Crippen LogP contribution >= 0.6 is 11.6 Å². The van der Waals surface area contributed by atoms with Crippen LogP contribution < -0.4 is 26.0 Å². The summed E-state index contributed by atoms with van der Waals surface area (Å²) < 4.78 is 24.1. The van der Waals surface area contributed by atoms with Crippen molar-refractivity contribution in [2.24, 2.45) is 0 Å². The molecule has 7 nitrogen and oxygen atoms in total. The molecule has 4 aliphatic rings. The highest BCUT2D eigenvalue weighted by molar-refractivity contribution is 6.30. The van der Waals surface area contributed by atoms with Crippen LogP contribution in [0.25, 0.3) is 0 Å². The average molecular weight is 399 g/mol. The predicted octanol–water partition coefficient (Wildman–Crippen LogP) is 0.730. The van der Waals surface area contributed by atoms with Gasteiger partial charge >= 0.3 is 0 Å². The predicted molar refractivity (Wildman–Crippen MR) is 98.1 cm³/mol. The van der Waals surface area contributed by atoms with Crippen molar-refractivity contribution >= 4 is 17.5 Å². The maximum atomic E-state index is 13.4. The van der Waals surface area contributed by atoms with Crippen molar-refractivity contribution in [3.63, 3.8) is 0 Å². The molecule has 1 aromatic rings. The second-order valence-corrected chi connectivity index (χ2v) is 8.16. The van der Waals surface area contributed by atoms with Gasteiger partial charge in [-0.2, -0.15) is 0 Å². The Hall–Kier alpha value is -1.45. The van der Waals surface area contributed by atoms with Gasteiger partial charge in [-0.15, -0.1) is 0 Å². The lowest BCUT2D eigenvalue weighted by Gasteiger charge is -2.71. The van der Waals surface area contributed by atoms with E-state index in [-0.39, 0.29) is 46.8 Å². The minimum Gasteiger partial charge on any atom is -0.484 e. The molecule has 27 heavy (non-hydrogen) atoms. The summed E-state index contributed by atoms with van der Waals surface area (Å²) in [6.45, 7) is 1.48. The number of piperazine rings is 1. The SMILES string of the molecule is COC1CNCC(NC23CC(NC(=O)COc4ccc(Cl)c(F)c4)(C2)C3)N1. The van der Waals surface area contributed by atoms with E-state index >= 15 is 0 Å². The Bertz CT molecular complexity index is 715. The molecule has 3 saturated carbocycles. The highest BCUT2D eigenvalue weighted by Gasteiger charge is 2.68. The quantitative estimate of drug-likeness (QED) is 0.542. The second kappa shape index (κ2) is 7.18. The molecule has 2 unspecified atom stereocenters. The van der Waals surface area contributed by atoms with Crippen molar-refractivity contribution in [2.45, 2.75) is 42.7 Å². The zero-order chi connectivity index (χ0) is 19.1. The van der Waals surface area contributed by atoms with Crippen LogP contribution in [0.15, 0.2) is 18.2 Å². The summed E-state index contributed by atoms with van der Waals surface area (Å²) in [5, 5.41) is 13.5. The first-order valence-electron chi connectivity index (χ1n) is 9.07. The Kier molecular flexibility index (Phi) is 5.02. The number of carbonyl (C=O) groups is 1. The normalized spacial score (nSPS) is 34.3. The van der Waals surface area contributed by atoms with E-state index in [1.165, 1.54) is 18.2 Å². The fraction of sp³-hybridized carbons (Fsp3) is 0.611. The Morgan fingerprint density at radius 1 is 1.33 bits per heavy atom. The number of hydrogen-bond donors (Lipinski definition) is 4. The highest BCUT2D eigenvalue weighted by atomic mass is 35.5. The monoisotopic (exact) mass is 398 g/mol. The third kappa shape index (κ3) is 3.90. The van der Waals surface area contributed by atoms with E-state index in [9.17, 15) is 9.18 Å². The van der Waals surface area contributed by atoms with Gasteiger partial charge in [0.25, 0.3) is 5.91 Å². The van der Waals surface area contributed by atoms with Crippen LogP contribution in [0, 0.1) is 5.82 Å². The summed E-state index contributed by atoms with van der Waals surface area (Å²) in [5.41, 5.74) is -0.0517. The first-order valence-corrected chi connectivity index (χ1v) is 9.45. The van der Waals surface area contributed by atoms with Gasteiger partial charge in [-0.05, 0) is 31.4 Å². The number of nitrogens with one attached hydrogen (secondary N) is 4. The van der Waals surface area contributed by atoms with Crippen molar-refractivity contribution in [1.29, 1.82) is 0 Å². The van der Waals surface area contributed by atoms with E-state index in [4.69, 9.17) is 21.1 Å². The van der Waals surface area contributed by atoms with E-state index in [1.807, 2.05) is 0 Å². The summed E-state index contributed by atoms with van der Waals surface area (Å²) in [5.74, 6) is -0.481. The zero-order valence-corrected chi connectivity index (χ0v) is 15.9. The van der Waals surface area contributed by atoms with Crippen LogP contribution in [-0.4, -0.2) is 56.2 Å². The largest absolute Gasteiger partial charge is 0.484 e. The molecule has 148 valence electrons. The fourth-order valence-corrected chi connectivity index (χ4v) is 4.55. The van der Waals surface area contributed by atoms with E-state index in [0.29, 0.717) is 0 Å². The van der Waals surface area contributed by atoms with Crippen molar-refractivity contribution in [3.05, 3.63) is 29.0 Å². The van der Waals surface area contributed by atoms with Gasteiger partial charge in [0.1, 0.15) is 17.8 Å². The maximum absolute atomic E-state index is 13.4. The van der Waals surface area contributed by atoms with Crippen molar-refractivity contribution in [2.75, 3.05) is 26.8 Å². The molecule has 5 rings (SSSR count). The highest BCUT2D eigenvalue weighted by Crippen LogP contribution is 2.60. The third-order valence-electron chi connectivity index (χ3n) is 5.53. The second-order valence-electron chi connectivity index (χ2n) is 7.75. The fourth-order valence-electron chi connectivity index (χ4n) is 4.44. The molecule has 0 radical (unpaired) electrons. The summed E-state index contributed by atoms with van der Waals surface area (Å²) >= 11 is 5.63. The number of ether oxygens (including phenoxy) is 2. The number of halogens is 2. The minimum absolute atomic E-state index is 0.00659. The van der Waals surface area contributed by atoms with Crippen LogP contribution in [0.1, 0.15) is 19.3 Å². The Morgan fingerprint density at radius 2 is 2.11 bits per heavy atom. The van der Waals surface area contributed by atoms with Gasteiger partial charge in [0, 0.05) is 37.3 Å². The molecule has 1 amide bonds. The van der Waals surface area contributed by atoms with Crippen molar-refractivity contribution in [1.82, 2.24) is 21.3 Å². The van der Waals surface area contributed by atoms with Gasteiger partial charge in [0.05, 0.1) is 11.2 Å². The summed E-state index contributed by atoms with van der Waals surface area (Å²) in [4.78, 5) is 12.2. The van der Waals surface area contributed by atoms with Crippen LogP contribution in [0.4, 0.5) is 4.39 Å². The first kappa shape index (κ1) is 18.9. The number of amides is 1. The van der Waals surface area contributed by atoms with Crippen LogP contribution in [0.3, 0.4) is 0 Å². The van der Waals surface area contributed by atoms with Gasteiger partial charge < -0.3 is 20.1 Å². The van der Waals surface area contributed by atoms with Crippen molar-refractivity contribution in [3.8, 4) is 5.75 Å². The number of carbonyl (C=O) groups excluding carboxylic acids is 1. The summed E-state index contributed by atoms with van der Waals surface area (Å²) in [6.07, 6.45) is 2.86. The van der Waals surface area contributed by atoms with E-state index < -0.39 is 5.82 Å². The molecule has 4 fully saturated rings. The molecule has 3 aliphatic carbocycles. The van der Waals surface area contributed by atoms with Crippen LogP contribution in [0.2, 0.25) is 5.02 Å². The minimum atomic E-state index is -0.566. The van der Waals surface area contributed by atoms with Crippen LogP contribution in [0.5, 0.6) is 5.75 Å². The molecular formula is C18H24ClFN4O3. The maximum Gasteiger partial charge on any atom is 0.258 e. The molecule has 4 N–H and O–H groups in total. The van der Waals surface area contributed by atoms with Crippen LogP contribution in [-0.2, 0) is 9.53 Å². The molecule has 2 bridgehead atoms. The summed E-state index contributed by atoms with van der Waals surface area (Å²) in [7, 11) is 1.69.